The number of anilines is 1. The fourth-order valence-corrected chi connectivity index (χ4v) is 3.17. The lowest BCUT2D eigenvalue weighted by atomic mass is 10.2. The Morgan fingerprint density at radius 2 is 2.17 bits per heavy atom. The van der Waals surface area contributed by atoms with E-state index in [1.165, 1.54) is 11.8 Å². The van der Waals surface area contributed by atoms with Crippen molar-refractivity contribution in [2.24, 2.45) is 5.92 Å². The van der Waals surface area contributed by atoms with Crippen LogP contribution in [0, 0.1) is 12.8 Å². The van der Waals surface area contributed by atoms with Crippen molar-refractivity contribution in [3.05, 3.63) is 33.5 Å². The van der Waals surface area contributed by atoms with Gasteiger partial charge < -0.3 is 9.88 Å². The molecule has 0 saturated heterocycles. The molecule has 0 saturated carbocycles. The second-order valence-corrected chi connectivity index (χ2v) is 7.70. The van der Waals surface area contributed by atoms with Gasteiger partial charge in [-0.3, -0.25) is 4.79 Å². The van der Waals surface area contributed by atoms with Gasteiger partial charge in [-0.05, 0) is 47.0 Å². The van der Waals surface area contributed by atoms with Gasteiger partial charge >= 0.3 is 0 Å². The molecule has 23 heavy (non-hydrogen) atoms. The second-order valence-electron chi connectivity index (χ2n) is 5.50. The first-order chi connectivity index (χ1) is 10.9. The van der Waals surface area contributed by atoms with E-state index < -0.39 is 0 Å². The Morgan fingerprint density at radius 1 is 1.43 bits per heavy atom. The highest BCUT2D eigenvalue weighted by Gasteiger charge is 2.13. The van der Waals surface area contributed by atoms with Crippen LogP contribution in [0.15, 0.2) is 27.8 Å². The van der Waals surface area contributed by atoms with Gasteiger partial charge in [0.2, 0.25) is 5.91 Å². The van der Waals surface area contributed by atoms with Gasteiger partial charge in [-0.2, -0.15) is 0 Å². The number of nitrogens with zero attached hydrogens (tertiary/aromatic N) is 3. The summed E-state index contributed by atoms with van der Waals surface area (Å²) in [5.41, 5.74) is 0.670. The summed E-state index contributed by atoms with van der Waals surface area (Å²) in [6.07, 6.45) is 0. The van der Waals surface area contributed by atoms with Crippen molar-refractivity contribution in [2.75, 3.05) is 11.1 Å². The topological polar surface area (TPSA) is 59.8 Å². The maximum absolute atomic E-state index is 12.1. The van der Waals surface area contributed by atoms with E-state index in [1.807, 2.05) is 11.5 Å². The number of hydrogen-bond donors (Lipinski definition) is 1. The minimum atomic E-state index is -0.106. The van der Waals surface area contributed by atoms with Crippen molar-refractivity contribution < 1.29 is 4.79 Å². The molecule has 0 bridgehead atoms. The minimum Gasteiger partial charge on any atom is -0.325 e. The number of benzene rings is 1. The lowest BCUT2D eigenvalue weighted by Crippen LogP contribution is -2.15. The first-order valence-corrected chi connectivity index (χ1v) is 9.30. The molecule has 0 aliphatic carbocycles. The molecular weight excluding hydrogens is 400 g/mol. The Labute approximate surface area is 153 Å². The normalized spacial score (nSPS) is 11.0. The number of rotatable bonds is 6. The van der Waals surface area contributed by atoms with Crippen LogP contribution in [0.3, 0.4) is 0 Å². The van der Waals surface area contributed by atoms with Gasteiger partial charge in [-0.1, -0.05) is 37.2 Å². The first-order valence-electron chi connectivity index (χ1n) is 7.14. The van der Waals surface area contributed by atoms with Gasteiger partial charge in [-0.15, -0.1) is 10.2 Å². The number of amides is 1. The zero-order chi connectivity index (χ0) is 17.0. The third-order valence-corrected chi connectivity index (χ3v) is 5.18. The summed E-state index contributed by atoms with van der Waals surface area (Å²) in [5.74, 6) is 1.51. The molecule has 8 heteroatoms. The van der Waals surface area contributed by atoms with Crippen LogP contribution in [0.2, 0.25) is 5.02 Å². The molecule has 0 atom stereocenters. The van der Waals surface area contributed by atoms with Crippen LogP contribution < -0.4 is 5.32 Å². The SMILES string of the molecule is Cc1nnc(SCC(=O)Nc2ccc(Br)c(Cl)c2)n1CC(C)C. The van der Waals surface area contributed by atoms with Crippen LogP contribution in [-0.2, 0) is 11.3 Å². The molecule has 1 aromatic heterocycles. The summed E-state index contributed by atoms with van der Waals surface area (Å²) in [6.45, 7) is 7.03. The van der Waals surface area contributed by atoms with E-state index in [0.717, 1.165) is 22.0 Å². The van der Waals surface area contributed by atoms with E-state index in [2.05, 4.69) is 45.3 Å². The molecule has 0 radical (unpaired) electrons. The van der Waals surface area contributed by atoms with Crippen molar-refractivity contribution in [2.45, 2.75) is 32.5 Å². The summed E-state index contributed by atoms with van der Waals surface area (Å²) in [7, 11) is 0. The number of carbonyl (C=O) groups excluding carboxylic acids is 1. The van der Waals surface area contributed by atoms with Crippen molar-refractivity contribution in [3.8, 4) is 0 Å². The Morgan fingerprint density at radius 3 is 2.83 bits per heavy atom. The Kier molecular flexibility index (Phi) is 6.50. The fourth-order valence-electron chi connectivity index (χ4n) is 1.94. The predicted molar refractivity (Wildman–Crippen MR) is 98.1 cm³/mol. The van der Waals surface area contributed by atoms with Crippen LogP contribution >= 0.6 is 39.3 Å². The highest BCUT2D eigenvalue weighted by atomic mass is 79.9. The zero-order valence-electron chi connectivity index (χ0n) is 13.1. The molecule has 1 N–H and O–H groups in total. The van der Waals surface area contributed by atoms with Crippen LogP contribution in [0.5, 0.6) is 0 Å². The largest absolute Gasteiger partial charge is 0.325 e. The van der Waals surface area contributed by atoms with Crippen LogP contribution in [-0.4, -0.2) is 26.4 Å². The predicted octanol–water partition coefficient (Wildman–Crippen LogP) is 4.39. The Hall–Kier alpha value is -1.05. The highest BCUT2D eigenvalue weighted by molar-refractivity contribution is 9.10. The number of carbonyl (C=O) groups is 1. The number of hydrogen-bond acceptors (Lipinski definition) is 4. The smallest absolute Gasteiger partial charge is 0.234 e. The Bertz CT molecular complexity index is 705. The molecule has 1 amide bonds. The van der Waals surface area contributed by atoms with E-state index in [9.17, 15) is 4.79 Å². The number of nitrogens with one attached hydrogen (secondary N) is 1. The lowest BCUT2D eigenvalue weighted by Gasteiger charge is -2.10. The molecule has 2 aromatic rings. The molecular formula is C15H18BrClN4OS. The average molecular weight is 418 g/mol. The monoisotopic (exact) mass is 416 g/mol. The van der Waals surface area contributed by atoms with Crippen molar-refractivity contribution in [1.29, 1.82) is 0 Å². The molecule has 1 heterocycles. The minimum absolute atomic E-state index is 0.106. The van der Waals surface area contributed by atoms with Gasteiger partial charge in [0.1, 0.15) is 5.82 Å². The molecule has 0 spiro atoms. The fraction of sp³-hybridized carbons (Fsp3) is 0.400. The van der Waals surface area contributed by atoms with Crippen LogP contribution in [0.25, 0.3) is 0 Å². The van der Waals surface area contributed by atoms with Crippen LogP contribution in [0.4, 0.5) is 5.69 Å². The van der Waals surface area contributed by atoms with Crippen LogP contribution in [0.1, 0.15) is 19.7 Å². The molecule has 0 aliphatic rings. The van der Waals surface area contributed by atoms with Crippen molar-refractivity contribution in [1.82, 2.24) is 14.8 Å². The molecule has 0 unspecified atom stereocenters. The highest BCUT2D eigenvalue weighted by Crippen LogP contribution is 2.26. The van der Waals surface area contributed by atoms with Crippen molar-refractivity contribution in [3.63, 3.8) is 0 Å². The van der Waals surface area contributed by atoms with Gasteiger partial charge in [-0.25, -0.2) is 0 Å². The average Bonchev–Trinajstić information content (AvgIpc) is 2.81. The quantitative estimate of drug-likeness (QED) is 0.708. The maximum atomic E-state index is 12.1. The molecule has 1 aromatic carbocycles. The third-order valence-electron chi connectivity index (χ3n) is 2.99. The van der Waals surface area contributed by atoms with Crippen molar-refractivity contribution >= 4 is 50.9 Å². The number of halogens is 2. The second kappa shape index (κ2) is 8.17. The summed E-state index contributed by atoms with van der Waals surface area (Å²) in [5, 5.41) is 12.4. The molecule has 2 rings (SSSR count). The number of aromatic nitrogens is 3. The molecule has 0 fully saturated rings. The van der Waals surface area contributed by atoms with E-state index >= 15 is 0 Å². The van der Waals surface area contributed by atoms with Gasteiger partial charge in [0.05, 0.1) is 10.8 Å². The lowest BCUT2D eigenvalue weighted by molar-refractivity contribution is -0.113. The summed E-state index contributed by atoms with van der Waals surface area (Å²) in [4.78, 5) is 12.1. The third kappa shape index (κ3) is 5.22. The first kappa shape index (κ1) is 18.3. The molecule has 0 aliphatic heterocycles. The maximum Gasteiger partial charge on any atom is 0.234 e. The summed E-state index contributed by atoms with van der Waals surface area (Å²) in [6, 6.07) is 5.30. The zero-order valence-corrected chi connectivity index (χ0v) is 16.3. The number of aryl methyl sites for hydroxylation is 1. The van der Waals surface area contributed by atoms with E-state index in [-0.39, 0.29) is 11.7 Å². The van der Waals surface area contributed by atoms with Gasteiger partial charge in [0.25, 0.3) is 0 Å². The summed E-state index contributed by atoms with van der Waals surface area (Å²) < 4.78 is 2.84. The molecule has 5 nitrogen and oxygen atoms in total. The van der Waals surface area contributed by atoms with E-state index in [0.29, 0.717) is 16.6 Å². The summed E-state index contributed by atoms with van der Waals surface area (Å²) >= 11 is 10.7. The van der Waals surface area contributed by atoms with E-state index in [1.54, 1.807) is 18.2 Å². The number of thioether (sulfide) groups is 1. The van der Waals surface area contributed by atoms with Gasteiger partial charge in [0.15, 0.2) is 5.16 Å². The Balaban J connectivity index is 1.95. The standard InChI is InChI=1S/C15H18BrClN4OS/c1-9(2)7-21-10(3)19-20-15(21)23-8-14(22)18-11-4-5-12(16)13(17)6-11/h4-6,9H,7-8H2,1-3H3,(H,18,22). The van der Waals surface area contributed by atoms with E-state index in [4.69, 9.17) is 11.6 Å². The molecule has 124 valence electrons. The van der Waals surface area contributed by atoms with Gasteiger partial charge in [0, 0.05) is 16.7 Å².